The fourth-order valence-electron chi connectivity index (χ4n) is 2.25. The molecular formula is C16H13BrN6O. The van der Waals surface area contributed by atoms with Crippen LogP contribution >= 0.6 is 15.9 Å². The maximum atomic E-state index is 11.3. The number of fused-ring (bicyclic) bond motifs is 1. The Morgan fingerprint density at radius 2 is 2.21 bits per heavy atom. The van der Waals surface area contributed by atoms with Crippen molar-refractivity contribution >= 4 is 33.0 Å². The Balaban J connectivity index is 2.04. The number of anilines is 1. The lowest BCUT2D eigenvalue weighted by atomic mass is 10.2. The van der Waals surface area contributed by atoms with E-state index in [9.17, 15) is 4.79 Å². The van der Waals surface area contributed by atoms with Crippen molar-refractivity contribution in [3.8, 4) is 17.5 Å². The van der Waals surface area contributed by atoms with Crippen molar-refractivity contribution < 1.29 is 4.79 Å². The third-order valence-corrected chi connectivity index (χ3v) is 4.18. The largest absolute Gasteiger partial charge is 0.373 e. The standard InChI is InChI=1S/C16H13BrN6O/c1-9(16(19)24)22-13-5-14(20-8-12(13)17)15-3-2-11-4-10(6-18)7-21-23(11)15/h2-5,7-9H,1H3,(H2,19,24)(H,20,22). The van der Waals surface area contributed by atoms with Crippen LogP contribution in [0.5, 0.6) is 0 Å². The van der Waals surface area contributed by atoms with Crippen LogP contribution < -0.4 is 11.1 Å². The topological polar surface area (TPSA) is 109 Å². The van der Waals surface area contributed by atoms with Crippen LogP contribution in [-0.2, 0) is 4.79 Å². The predicted molar refractivity (Wildman–Crippen MR) is 93.1 cm³/mol. The third kappa shape index (κ3) is 2.94. The smallest absolute Gasteiger partial charge is 0.239 e. The van der Waals surface area contributed by atoms with E-state index in [4.69, 9.17) is 11.0 Å². The minimum absolute atomic E-state index is 0.445. The van der Waals surface area contributed by atoms with Crippen molar-refractivity contribution in [3.63, 3.8) is 0 Å². The van der Waals surface area contributed by atoms with Gasteiger partial charge in [0.2, 0.25) is 5.91 Å². The van der Waals surface area contributed by atoms with Crippen LogP contribution in [0.1, 0.15) is 12.5 Å². The lowest BCUT2D eigenvalue weighted by Gasteiger charge is -2.14. The minimum atomic E-state index is -0.517. The first-order valence-electron chi connectivity index (χ1n) is 7.09. The first-order valence-corrected chi connectivity index (χ1v) is 7.88. The summed E-state index contributed by atoms with van der Waals surface area (Å²) in [6, 6.07) is 8.86. The molecule has 1 atom stereocenters. The quantitative estimate of drug-likeness (QED) is 0.717. The highest BCUT2D eigenvalue weighted by Crippen LogP contribution is 2.28. The van der Waals surface area contributed by atoms with Gasteiger partial charge in [0.15, 0.2) is 0 Å². The molecule has 8 heteroatoms. The summed E-state index contributed by atoms with van der Waals surface area (Å²) in [4.78, 5) is 15.6. The summed E-state index contributed by atoms with van der Waals surface area (Å²) in [5.74, 6) is -0.445. The molecule has 0 fully saturated rings. The van der Waals surface area contributed by atoms with E-state index >= 15 is 0 Å². The van der Waals surface area contributed by atoms with E-state index < -0.39 is 11.9 Å². The SMILES string of the molecule is CC(Nc1cc(-c2ccc3cc(C#N)cnn23)ncc1Br)C(N)=O. The molecule has 0 saturated heterocycles. The number of carbonyl (C=O) groups is 1. The monoisotopic (exact) mass is 384 g/mol. The summed E-state index contributed by atoms with van der Waals surface area (Å²) in [5.41, 5.74) is 8.74. The molecule has 0 aliphatic carbocycles. The summed E-state index contributed by atoms with van der Waals surface area (Å²) in [7, 11) is 0. The Morgan fingerprint density at radius 3 is 2.92 bits per heavy atom. The third-order valence-electron chi connectivity index (χ3n) is 3.55. The fraction of sp³-hybridized carbons (Fsp3) is 0.125. The number of rotatable bonds is 4. The molecular weight excluding hydrogens is 372 g/mol. The normalized spacial score (nSPS) is 11.9. The van der Waals surface area contributed by atoms with Crippen LogP contribution in [0.3, 0.4) is 0 Å². The number of aromatic nitrogens is 3. The number of nitrogens with one attached hydrogen (secondary N) is 1. The lowest BCUT2D eigenvalue weighted by molar-refractivity contribution is -0.118. The molecule has 0 aliphatic rings. The van der Waals surface area contributed by atoms with Crippen LogP contribution in [0.15, 0.2) is 41.1 Å². The molecule has 3 heterocycles. The Hall–Kier alpha value is -2.92. The maximum Gasteiger partial charge on any atom is 0.239 e. The first-order chi connectivity index (χ1) is 11.5. The number of carbonyl (C=O) groups excluding carboxylic acids is 1. The Morgan fingerprint density at radius 1 is 1.42 bits per heavy atom. The summed E-state index contributed by atoms with van der Waals surface area (Å²) < 4.78 is 2.43. The molecule has 0 aromatic carbocycles. The molecule has 3 aromatic rings. The second kappa shape index (κ2) is 6.29. The van der Waals surface area contributed by atoms with Crippen LogP contribution in [0.2, 0.25) is 0 Å². The van der Waals surface area contributed by atoms with E-state index in [1.807, 2.05) is 18.2 Å². The van der Waals surface area contributed by atoms with Gasteiger partial charge in [0.25, 0.3) is 0 Å². The zero-order valence-corrected chi connectivity index (χ0v) is 14.3. The van der Waals surface area contributed by atoms with Gasteiger partial charge >= 0.3 is 0 Å². The second-order valence-electron chi connectivity index (χ2n) is 5.23. The molecule has 0 spiro atoms. The number of nitrogens with two attached hydrogens (primary N) is 1. The van der Waals surface area contributed by atoms with Crippen LogP contribution in [0, 0.1) is 11.3 Å². The van der Waals surface area contributed by atoms with Crippen molar-refractivity contribution in [2.45, 2.75) is 13.0 Å². The van der Waals surface area contributed by atoms with Gasteiger partial charge in [-0.05, 0) is 47.1 Å². The molecule has 3 rings (SSSR count). The molecule has 0 aliphatic heterocycles. The number of primary amides is 1. The van der Waals surface area contributed by atoms with Crippen molar-refractivity contribution in [2.75, 3.05) is 5.32 Å². The van der Waals surface area contributed by atoms with Gasteiger partial charge in [0.05, 0.1) is 38.8 Å². The van der Waals surface area contributed by atoms with Gasteiger partial charge in [-0.25, -0.2) is 4.52 Å². The molecule has 7 nitrogen and oxygen atoms in total. The number of pyridine rings is 1. The second-order valence-corrected chi connectivity index (χ2v) is 6.08. The average Bonchev–Trinajstić information content (AvgIpc) is 2.99. The number of hydrogen-bond acceptors (Lipinski definition) is 5. The van der Waals surface area contributed by atoms with E-state index in [1.165, 1.54) is 6.20 Å². The molecule has 3 N–H and O–H groups in total. The average molecular weight is 385 g/mol. The van der Waals surface area contributed by atoms with Crippen molar-refractivity contribution in [2.24, 2.45) is 5.73 Å². The van der Waals surface area contributed by atoms with Crippen molar-refractivity contribution in [1.29, 1.82) is 5.26 Å². The molecule has 0 bridgehead atoms. The summed E-state index contributed by atoms with van der Waals surface area (Å²) in [6.07, 6.45) is 3.15. The van der Waals surface area contributed by atoms with Crippen LogP contribution in [0.25, 0.3) is 16.9 Å². The maximum absolute atomic E-state index is 11.3. The number of nitrogens with zero attached hydrogens (tertiary/aromatic N) is 4. The summed E-state index contributed by atoms with van der Waals surface area (Å²) in [6.45, 7) is 1.69. The van der Waals surface area contributed by atoms with Crippen LogP contribution in [0.4, 0.5) is 5.69 Å². The molecule has 24 heavy (non-hydrogen) atoms. The highest BCUT2D eigenvalue weighted by molar-refractivity contribution is 9.10. The van der Waals surface area contributed by atoms with Crippen LogP contribution in [-0.4, -0.2) is 26.5 Å². The first kappa shape index (κ1) is 16.0. The van der Waals surface area contributed by atoms with Gasteiger partial charge in [-0.1, -0.05) is 0 Å². The lowest BCUT2D eigenvalue weighted by Crippen LogP contribution is -2.32. The highest BCUT2D eigenvalue weighted by atomic mass is 79.9. The highest BCUT2D eigenvalue weighted by Gasteiger charge is 2.14. The number of amides is 1. The van der Waals surface area contributed by atoms with E-state index in [-0.39, 0.29) is 0 Å². The fourth-order valence-corrected chi connectivity index (χ4v) is 2.58. The van der Waals surface area contributed by atoms with Gasteiger partial charge in [0.1, 0.15) is 12.1 Å². The summed E-state index contributed by atoms with van der Waals surface area (Å²) in [5, 5.41) is 16.3. The summed E-state index contributed by atoms with van der Waals surface area (Å²) >= 11 is 3.40. The number of hydrogen-bond donors (Lipinski definition) is 2. The van der Waals surface area contributed by atoms with Gasteiger partial charge in [-0.15, -0.1) is 0 Å². The zero-order valence-electron chi connectivity index (χ0n) is 12.7. The van der Waals surface area contributed by atoms with Gasteiger partial charge in [0, 0.05) is 6.20 Å². The molecule has 0 saturated carbocycles. The number of halogens is 1. The molecule has 0 radical (unpaired) electrons. The minimum Gasteiger partial charge on any atom is -0.373 e. The van der Waals surface area contributed by atoms with E-state index in [1.54, 1.807) is 23.7 Å². The Kier molecular flexibility index (Phi) is 4.18. The molecule has 120 valence electrons. The molecule has 1 amide bonds. The van der Waals surface area contributed by atoms with E-state index in [2.05, 4.69) is 37.4 Å². The zero-order chi connectivity index (χ0) is 17.3. The number of nitriles is 1. The Labute approximate surface area is 146 Å². The van der Waals surface area contributed by atoms with Gasteiger partial charge in [-0.2, -0.15) is 10.4 Å². The van der Waals surface area contributed by atoms with Gasteiger partial charge in [-0.3, -0.25) is 9.78 Å². The van der Waals surface area contributed by atoms with Crippen molar-refractivity contribution in [3.05, 3.63) is 46.7 Å². The molecule has 1 unspecified atom stereocenters. The molecule has 3 aromatic heterocycles. The Bertz CT molecular complexity index is 974. The van der Waals surface area contributed by atoms with E-state index in [0.29, 0.717) is 16.9 Å². The van der Waals surface area contributed by atoms with Gasteiger partial charge < -0.3 is 11.1 Å². The van der Waals surface area contributed by atoms with E-state index in [0.717, 1.165) is 15.7 Å². The predicted octanol–water partition coefficient (Wildman–Crippen LogP) is 2.32. The van der Waals surface area contributed by atoms with Crippen molar-refractivity contribution in [1.82, 2.24) is 14.6 Å².